The molecule has 1 heterocycles. The maximum absolute atomic E-state index is 11.3. The van der Waals surface area contributed by atoms with Crippen LogP contribution in [0.1, 0.15) is 20.8 Å². The number of carbonyl (C=O) groups excluding carboxylic acids is 1. The molecule has 1 rings (SSSR count). The summed E-state index contributed by atoms with van der Waals surface area (Å²) in [5, 5.41) is 12.0. The van der Waals surface area contributed by atoms with Crippen LogP contribution >= 0.6 is 0 Å². The molecule has 5 heteroatoms. The van der Waals surface area contributed by atoms with Crippen LogP contribution in [-0.4, -0.2) is 42.7 Å². The van der Waals surface area contributed by atoms with E-state index < -0.39 is 17.8 Å². The van der Waals surface area contributed by atoms with Gasteiger partial charge in [0.25, 0.3) is 0 Å². The molecule has 5 nitrogen and oxygen atoms in total. The van der Waals surface area contributed by atoms with E-state index in [1.165, 1.54) is 0 Å². The third-order valence-electron chi connectivity index (χ3n) is 2.07. The maximum atomic E-state index is 11.3. The molecule has 0 aromatic rings. The van der Waals surface area contributed by atoms with Gasteiger partial charge in [0, 0.05) is 12.5 Å². The van der Waals surface area contributed by atoms with Gasteiger partial charge < -0.3 is 19.9 Å². The lowest BCUT2D eigenvalue weighted by Gasteiger charge is -2.21. The molecule has 0 unspecified atom stereocenters. The van der Waals surface area contributed by atoms with Crippen molar-refractivity contribution in [2.45, 2.75) is 32.5 Å². The predicted molar refractivity (Wildman–Crippen MR) is 54.6 cm³/mol. The molecular formula is C10H19NO4. The van der Waals surface area contributed by atoms with Gasteiger partial charge in [-0.15, -0.1) is 0 Å². The zero-order valence-electron chi connectivity index (χ0n) is 9.45. The van der Waals surface area contributed by atoms with E-state index in [0.29, 0.717) is 19.8 Å². The minimum atomic E-state index is -0.491. The Morgan fingerprint density at radius 1 is 1.53 bits per heavy atom. The number of aliphatic hydroxyl groups is 1. The summed E-state index contributed by atoms with van der Waals surface area (Å²) in [5.74, 6) is -0.0301. The van der Waals surface area contributed by atoms with E-state index in [9.17, 15) is 9.90 Å². The fraction of sp³-hybridized carbons (Fsp3) is 0.900. The van der Waals surface area contributed by atoms with Crippen molar-refractivity contribution in [3.8, 4) is 0 Å². The molecule has 1 saturated heterocycles. The van der Waals surface area contributed by atoms with Crippen LogP contribution in [0.5, 0.6) is 0 Å². The van der Waals surface area contributed by atoms with Crippen LogP contribution in [0.4, 0.5) is 4.79 Å². The monoisotopic (exact) mass is 217 g/mol. The highest BCUT2D eigenvalue weighted by molar-refractivity contribution is 5.67. The molecule has 1 aliphatic rings. The largest absolute Gasteiger partial charge is 0.444 e. The van der Waals surface area contributed by atoms with Crippen molar-refractivity contribution in [3.05, 3.63) is 0 Å². The summed E-state index contributed by atoms with van der Waals surface area (Å²) in [4.78, 5) is 11.3. The second-order valence-electron chi connectivity index (χ2n) is 4.75. The summed E-state index contributed by atoms with van der Waals surface area (Å²) in [6, 6.07) is 0. The van der Waals surface area contributed by atoms with E-state index in [4.69, 9.17) is 9.47 Å². The normalized spacial score (nSPS) is 26.4. The lowest BCUT2D eigenvalue weighted by atomic mass is 10.1. The molecule has 0 aliphatic carbocycles. The van der Waals surface area contributed by atoms with Gasteiger partial charge in [-0.2, -0.15) is 0 Å². The van der Waals surface area contributed by atoms with Crippen LogP contribution in [0, 0.1) is 5.92 Å². The number of hydrogen-bond donors (Lipinski definition) is 2. The summed E-state index contributed by atoms with van der Waals surface area (Å²) < 4.78 is 10.1. The summed E-state index contributed by atoms with van der Waals surface area (Å²) in [6.07, 6.45) is -0.943. The van der Waals surface area contributed by atoms with Crippen LogP contribution < -0.4 is 5.32 Å². The predicted octanol–water partition coefficient (Wildman–Crippen LogP) is 0.518. The highest BCUT2D eigenvalue weighted by atomic mass is 16.6. The second-order valence-corrected chi connectivity index (χ2v) is 4.75. The van der Waals surface area contributed by atoms with Gasteiger partial charge in [-0.25, -0.2) is 4.79 Å². The van der Waals surface area contributed by atoms with Crippen molar-refractivity contribution < 1.29 is 19.4 Å². The van der Waals surface area contributed by atoms with Crippen molar-refractivity contribution >= 4 is 6.09 Å². The Labute approximate surface area is 89.8 Å². The van der Waals surface area contributed by atoms with Gasteiger partial charge in [0.1, 0.15) is 5.60 Å². The molecule has 0 bridgehead atoms. The molecule has 0 saturated carbocycles. The Hall–Kier alpha value is -0.810. The molecule has 0 aromatic carbocycles. The zero-order chi connectivity index (χ0) is 11.5. The highest BCUT2D eigenvalue weighted by Gasteiger charge is 2.27. The molecule has 15 heavy (non-hydrogen) atoms. The zero-order valence-corrected chi connectivity index (χ0v) is 9.45. The number of ether oxygens (including phenoxy) is 2. The summed E-state index contributed by atoms with van der Waals surface area (Å²) in [7, 11) is 0. The number of nitrogens with one attached hydrogen (secondary N) is 1. The summed E-state index contributed by atoms with van der Waals surface area (Å²) in [6.45, 7) is 6.63. The Balaban J connectivity index is 2.22. The van der Waals surface area contributed by atoms with Gasteiger partial charge in [-0.05, 0) is 20.8 Å². The average Bonchev–Trinajstić information content (AvgIpc) is 2.44. The molecule has 1 fully saturated rings. The molecule has 0 spiro atoms. The van der Waals surface area contributed by atoms with Crippen molar-refractivity contribution in [2.75, 3.05) is 19.8 Å². The van der Waals surface area contributed by atoms with Crippen LogP contribution in [0.25, 0.3) is 0 Å². The SMILES string of the molecule is CC(C)(C)OC(=O)NC[C@H]1COC[C@H]1O. The number of rotatable bonds is 2. The standard InChI is InChI=1S/C10H19NO4/c1-10(2,3)15-9(13)11-4-7-5-14-6-8(7)12/h7-8,12H,4-6H2,1-3H3,(H,11,13)/t7-,8+/m0/s1. The average molecular weight is 217 g/mol. The quantitative estimate of drug-likeness (QED) is 0.707. The van der Waals surface area contributed by atoms with Gasteiger partial charge in [0.2, 0.25) is 0 Å². The Morgan fingerprint density at radius 2 is 2.20 bits per heavy atom. The first kappa shape index (κ1) is 12.3. The fourth-order valence-electron chi connectivity index (χ4n) is 1.31. The third kappa shape index (κ3) is 4.48. The van der Waals surface area contributed by atoms with E-state index in [2.05, 4.69) is 5.32 Å². The van der Waals surface area contributed by atoms with E-state index >= 15 is 0 Å². The maximum Gasteiger partial charge on any atom is 0.407 e. The van der Waals surface area contributed by atoms with Gasteiger partial charge in [-0.1, -0.05) is 0 Å². The van der Waals surface area contributed by atoms with Crippen LogP contribution in [-0.2, 0) is 9.47 Å². The minimum Gasteiger partial charge on any atom is -0.444 e. The first-order valence-corrected chi connectivity index (χ1v) is 5.11. The van der Waals surface area contributed by atoms with Crippen molar-refractivity contribution in [2.24, 2.45) is 5.92 Å². The molecule has 88 valence electrons. The molecule has 1 aliphatic heterocycles. The number of amides is 1. The Bertz CT molecular complexity index is 224. The molecular weight excluding hydrogens is 198 g/mol. The second kappa shape index (κ2) is 4.81. The summed E-state index contributed by atoms with van der Waals surface area (Å²) in [5.41, 5.74) is -0.491. The first-order chi connectivity index (χ1) is 6.88. The summed E-state index contributed by atoms with van der Waals surface area (Å²) >= 11 is 0. The minimum absolute atomic E-state index is 0.0301. The number of aliphatic hydroxyl groups excluding tert-OH is 1. The van der Waals surface area contributed by atoms with Crippen molar-refractivity contribution in [1.29, 1.82) is 0 Å². The third-order valence-corrected chi connectivity index (χ3v) is 2.07. The molecule has 0 radical (unpaired) electrons. The lowest BCUT2D eigenvalue weighted by Crippen LogP contribution is -2.37. The Morgan fingerprint density at radius 3 is 2.67 bits per heavy atom. The number of hydrogen-bond acceptors (Lipinski definition) is 4. The number of alkyl carbamates (subject to hydrolysis) is 1. The van der Waals surface area contributed by atoms with Crippen molar-refractivity contribution in [1.82, 2.24) is 5.32 Å². The van der Waals surface area contributed by atoms with Gasteiger partial charge in [0.05, 0.1) is 19.3 Å². The topological polar surface area (TPSA) is 67.8 Å². The molecule has 2 atom stereocenters. The van der Waals surface area contributed by atoms with E-state index in [1.807, 2.05) is 0 Å². The van der Waals surface area contributed by atoms with Gasteiger partial charge in [-0.3, -0.25) is 0 Å². The first-order valence-electron chi connectivity index (χ1n) is 5.11. The number of carbonyl (C=O) groups is 1. The Kier molecular flexibility index (Phi) is 3.93. The lowest BCUT2D eigenvalue weighted by molar-refractivity contribution is 0.0505. The van der Waals surface area contributed by atoms with Crippen molar-refractivity contribution in [3.63, 3.8) is 0 Å². The van der Waals surface area contributed by atoms with Crippen LogP contribution in [0.15, 0.2) is 0 Å². The highest BCUT2D eigenvalue weighted by Crippen LogP contribution is 2.12. The van der Waals surface area contributed by atoms with E-state index in [0.717, 1.165) is 0 Å². The van der Waals surface area contributed by atoms with Crippen LogP contribution in [0.3, 0.4) is 0 Å². The van der Waals surface area contributed by atoms with Crippen LogP contribution in [0.2, 0.25) is 0 Å². The smallest absolute Gasteiger partial charge is 0.407 e. The van der Waals surface area contributed by atoms with E-state index in [1.54, 1.807) is 20.8 Å². The van der Waals surface area contributed by atoms with Gasteiger partial charge in [0.15, 0.2) is 0 Å². The molecule has 0 aromatic heterocycles. The molecule has 1 amide bonds. The molecule has 2 N–H and O–H groups in total. The van der Waals surface area contributed by atoms with Gasteiger partial charge >= 0.3 is 6.09 Å². The fourth-order valence-corrected chi connectivity index (χ4v) is 1.31. The van der Waals surface area contributed by atoms with E-state index in [-0.39, 0.29) is 5.92 Å².